The van der Waals surface area contributed by atoms with Gasteiger partial charge in [-0.05, 0) is 36.9 Å². The first-order valence-corrected chi connectivity index (χ1v) is 9.05. The summed E-state index contributed by atoms with van der Waals surface area (Å²) in [6, 6.07) is 14.3. The molecule has 0 heterocycles. The van der Waals surface area contributed by atoms with Gasteiger partial charge in [0.25, 0.3) is 0 Å². The van der Waals surface area contributed by atoms with E-state index in [9.17, 15) is 0 Å². The molecule has 2 N–H and O–H groups in total. The van der Waals surface area contributed by atoms with Gasteiger partial charge in [-0.1, -0.05) is 31.2 Å². The maximum Gasteiger partial charge on any atom is 0.195 e. The minimum absolute atomic E-state index is 0.672. The lowest BCUT2D eigenvalue weighted by atomic mass is 10.1. The molecule has 0 fully saturated rings. The highest BCUT2D eigenvalue weighted by atomic mass is 16.5. The van der Waals surface area contributed by atoms with E-state index in [1.807, 2.05) is 18.2 Å². The van der Waals surface area contributed by atoms with Gasteiger partial charge in [0, 0.05) is 31.9 Å². The lowest BCUT2D eigenvalue weighted by Crippen LogP contribution is -2.30. The van der Waals surface area contributed by atoms with Crippen LogP contribution < -0.4 is 20.1 Å². The summed E-state index contributed by atoms with van der Waals surface area (Å²) < 4.78 is 10.6. The van der Waals surface area contributed by atoms with Crippen molar-refractivity contribution in [3.8, 4) is 11.5 Å². The summed E-state index contributed by atoms with van der Waals surface area (Å²) in [4.78, 5) is 6.58. The van der Waals surface area contributed by atoms with E-state index in [2.05, 4.69) is 58.8 Å². The normalized spacial score (nSPS) is 11.4. The van der Waals surface area contributed by atoms with E-state index in [1.54, 1.807) is 21.3 Å². The van der Waals surface area contributed by atoms with Crippen LogP contribution in [0.5, 0.6) is 11.5 Å². The fraction of sp³-hybridized carbons (Fsp3) is 0.381. The number of hydrogen-bond donors (Lipinski definition) is 2. The van der Waals surface area contributed by atoms with Crippen LogP contribution in [0.2, 0.25) is 0 Å². The number of ether oxygens (including phenoxy) is 2. The third-order valence-electron chi connectivity index (χ3n) is 4.31. The van der Waals surface area contributed by atoms with Crippen molar-refractivity contribution in [1.82, 2.24) is 10.2 Å². The second-order valence-electron chi connectivity index (χ2n) is 6.27. The molecule has 0 aromatic heterocycles. The fourth-order valence-electron chi connectivity index (χ4n) is 2.68. The van der Waals surface area contributed by atoms with Crippen molar-refractivity contribution in [2.24, 2.45) is 4.99 Å². The van der Waals surface area contributed by atoms with Gasteiger partial charge in [-0.3, -0.25) is 4.99 Å². The van der Waals surface area contributed by atoms with Crippen LogP contribution >= 0.6 is 0 Å². The molecule has 2 rings (SSSR count). The first-order chi connectivity index (χ1) is 13.1. The molecule has 27 heavy (non-hydrogen) atoms. The Balaban J connectivity index is 1.99. The highest BCUT2D eigenvalue weighted by Gasteiger charge is 2.06. The number of methoxy groups -OCH3 is 2. The molecule has 0 saturated heterocycles. The van der Waals surface area contributed by atoms with Crippen LogP contribution in [0.15, 0.2) is 47.5 Å². The summed E-state index contributed by atoms with van der Waals surface area (Å²) in [5.41, 5.74) is 3.40. The SMILES string of the molecule is CCN(C)Cc1cccc(CNC(=NC)Nc2ccc(OC)c(OC)c2)c1. The third kappa shape index (κ3) is 6.18. The van der Waals surface area contributed by atoms with Crippen molar-refractivity contribution >= 4 is 11.6 Å². The predicted molar refractivity (Wildman–Crippen MR) is 112 cm³/mol. The number of benzene rings is 2. The Morgan fingerprint density at radius 2 is 1.78 bits per heavy atom. The van der Waals surface area contributed by atoms with Gasteiger partial charge >= 0.3 is 0 Å². The number of guanidine groups is 1. The monoisotopic (exact) mass is 370 g/mol. The summed E-state index contributed by atoms with van der Waals surface area (Å²) in [6.45, 7) is 4.83. The Morgan fingerprint density at radius 3 is 2.44 bits per heavy atom. The standard InChI is InChI=1S/C21H30N4O2/c1-6-25(3)15-17-9-7-8-16(12-17)14-23-21(22-2)24-18-10-11-19(26-4)20(13-18)27-5/h7-13H,6,14-15H2,1-5H3,(H2,22,23,24). The summed E-state index contributed by atoms with van der Waals surface area (Å²) >= 11 is 0. The van der Waals surface area contributed by atoms with E-state index in [0.29, 0.717) is 24.0 Å². The molecule has 0 amide bonds. The van der Waals surface area contributed by atoms with Crippen molar-refractivity contribution in [3.05, 3.63) is 53.6 Å². The molecular weight excluding hydrogens is 340 g/mol. The Hall–Kier alpha value is -2.73. The van der Waals surface area contributed by atoms with E-state index < -0.39 is 0 Å². The molecule has 0 unspecified atom stereocenters. The number of hydrogen-bond acceptors (Lipinski definition) is 4. The molecular formula is C21H30N4O2. The highest BCUT2D eigenvalue weighted by molar-refractivity contribution is 5.93. The lowest BCUT2D eigenvalue weighted by Gasteiger charge is -2.16. The summed E-state index contributed by atoms with van der Waals surface area (Å²) in [5.74, 6) is 2.06. The van der Waals surface area contributed by atoms with Crippen molar-refractivity contribution < 1.29 is 9.47 Å². The van der Waals surface area contributed by atoms with Gasteiger partial charge in [0.15, 0.2) is 17.5 Å². The number of nitrogens with one attached hydrogen (secondary N) is 2. The highest BCUT2D eigenvalue weighted by Crippen LogP contribution is 2.29. The van der Waals surface area contributed by atoms with Crippen molar-refractivity contribution in [2.45, 2.75) is 20.0 Å². The molecule has 6 heteroatoms. The predicted octanol–water partition coefficient (Wildman–Crippen LogP) is 3.34. The molecule has 0 aliphatic rings. The first kappa shape index (κ1) is 20.6. The topological polar surface area (TPSA) is 58.1 Å². The zero-order chi connectivity index (χ0) is 19.6. The molecule has 0 atom stereocenters. The molecule has 0 bridgehead atoms. The van der Waals surface area contributed by atoms with Gasteiger partial charge < -0.3 is 25.0 Å². The fourth-order valence-corrected chi connectivity index (χ4v) is 2.68. The van der Waals surface area contributed by atoms with E-state index in [4.69, 9.17) is 9.47 Å². The minimum atomic E-state index is 0.672. The largest absolute Gasteiger partial charge is 0.493 e. The van der Waals surface area contributed by atoms with Crippen LogP contribution in [-0.4, -0.2) is 45.7 Å². The minimum Gasteiger partial charge on any atom is -0.493 e. The molecule has 6 nitrogen and oxygen atoms in total. The number of nitrogens with zero attached hydrogens (tertiary/aromatic N) is 2. The summed E-state index contributed by atoms with van der Waals surface area (Å²) in [6.07, 6.45) is 0. The Kier molecular flexibility index (Phi) is 7.95. The van der Waals surface area contributed by atoms with Crippen molar-refractivity contribution in [1.29, 1.82) is 0 Å². The van der Waals surface area contributed by atoms with Gasteiger partial charge in [0.05, 0.1) is 14.2 Å². The first-order valence-electron chi connectivity index (χ1n) is 9.05. The van der Waals surface area contributed by atoms with Crippen LogP contribution in [-0.2, 0) is 13.1 Å². The maximum atomic E-state index is 5.35. The van der Waals surface area contributed by atoms with E-state index >= 15 is 0 Å². The quantitative estimate of drug-likeness (QED) is 0.551. The van der Waals surface area contributed by atoms with Crippen LogP contribution in [0, 0.1) is 0 Å². The lowest BCUT2D eigenvalue weighted by molar-refractivity contribution is 0.345. The van der Waals surface area contributed by atoms with Crippen LogP contribution in [0.25, 0.3) is 0 Å². The zero-order valence-electron chi connectivity index (χ0n) is 16.9. The van der Waals surface area contributed by atoms with E-state index in [-0.39, 0.29) is 0 Å². The van der Waals surface area contributed by atoms with E-state index in [0.717, 1.165) is 18.8 Å². The van der Waals surface area contributed by atoms with Gasteiger partial charge in [-0.2, -0.15) is 0 Å². The number of rotatable bonds is 8. The van der Waals surface area contributed by atoms with Crippen molar-refractivity contribution in [2.75, 3.05) is 40.2 Å². The maximum absolute atomic E-state index is 5.35. The molecule has 146 valence electrons. The second-order valence-corrected chi connectivity index (χ2v) is 6.27. The van der Waals surface area contributed by atoms with Crippen LogP contribution in [0.4, 0.5) is 5.69 Å². The smallest absolute Gasteiger partial charge is 0.195 e. The molecule has 0 aliphatic heterocycles. The molecule has 2 aromatic carbocycles. The van der Waals surface area contributed by atoms with Crippen LogP contribution in [0.1, 0.15) is 18.1 Å². The Morgan fingerprint density at radius 1 is 1.04 bits per heavy atom. The van der Waals surface area contributed by atoms with Gasteiger partial charge in [0.2, 0.25) is 0 Å². The molecule has 0 saturated carbocycles. The van der Waals surface area contributed by atoms with Gasteiger partial charge in [-0.15, -0.1) is 0 Å². The van der Waals surface area contributed by atoms with E-state index in [1.165, 1.54) is 11.1 Å². The average molecular weight is 370 g/mol. The van der Waals surface area contributed by atoms with Gasteiger partial charge in [-0.25, -0.2) is 0 Å². The average Bonchev–Trinajstić information content (AvgIpc) is 2.71. The number of aliphatic imine (C=N–C) groups is 1. The van der Waals surface area contributed by atoms with Crippen LogP contribution in [0.3, 0.4) is 0 Å². The van der Waals surface area contributed by atoms with Gasteiger partial charge in [0.1, 0.15) is 0 Å². The Labute approximate surface area is 162 Å². The van der Waals surface area contributed by atoms with Crippen molar-refractivity contribution in [3.63, 3.8) is 0 Å². The molecule has 0 spiro atoms. The molecule has 2 aromatic rings. The summed E-state index contributed by atoms with van der Waals surface area (Å²) in [5, 5.41) is 6.62. The Bertz CT molecular complexity index is 762. The summed E-state index contributed by atoms with van der Waals surface area (Å²) in [7, 11) is 7.12. The molecule has 0 radical (unpaired) electrons. The third-order valence-corrected chi connectivity index (χ3v) is 4.31. The zero-order valence-corrected chi connectivity index (χ0v) is 16.9. The number of anilines is 1. The molecule has 0 aliphatic carbocycles. The second kappa shape index (κ2) is 10.4.